The number of hydrogen-bond donors (Lipinski definition) is 1. The molecule has 3 rings (SSSR count). The molecule has 100 valence electrons. The fraction of sp³-hybridized carbons (Fsp3) is 0.176. The highest BCUT2D eigenvalue weighted by Gasteiger charge is 2.08. The molecule has 0 aliphatic rings. The summed E-state index contributed by atoms with van der Waals surface area (Å²) in [6.07, 6.45) is 1.50. The summed E-state index contributed by atoms with van der Waals surface area (Å²) in [5.74, 6) is 1.06. The summed E-state index contributed by atoms with van der Waals surface area (Å²) in [5.41, 5.74) is 10.5. The lowest BCUT2D eigenvalue weighted by Gasteiger charge is -2.10. The zero-order chi connectivity index (χ0) is 14.1. The number of nitrogen functional groups attached to an aromatic ring is 1. The van der Waals surface area contributed by atoms with E-state index in [1.54, 1.807) is 0 Å². The van der Waals surface area contributed by atoms with Crippen LogP contribution in [0.1, 0.15) is 25.3 Å². The third-order valence-corrected chi connectivity index (χ3v) is 3.58. The average Bonchev–Trinajstić information content (AvgIpc) is 2.47. The topological polar surface area (TPSA) is 51.8 Å². The number of nitrogens with zero attached hydrogens (tertiary/aromatic N) is 2. The summed E-state index contributed by atoms with van der Waals surface area (Å²) in [5, 5.41) is 0.923. The molecule has 0 atom stereocenters. The standard InChI is InChI=1S/C17H17N3/c1-11(2)12-6-8-13(9-7-12)14-4-3-5-15-16(14)17(18)20-10-19-15/h3-11H,1-2H3,(H2,18,19,20). The molecule has 0 fully saturated rings. The van der Waals surface area contributed by atoms with Crippen molar-refractivity contribution in [2.24, 2.45) is 0 Å². The molecule has 1 aromatic heterocycles. The number of aromatic nitrogens is 2. The fourth-order valence-corrected chi connectivity index (χ4v) is 2.42. The quantitative estimate of drug-likeness (QED) is 0.760. The number of nitrogens with two attached hydrogens (primary N) is 1. The number of benzene rings is 2. The Balaban J connectivity index is 2.19. The summed E-state index contributed by atoms with van der Waals surface area (Å²) in [6, 6.07) is 14.6. The van der Waals surface area contributed by atoms with Gasteiger partial charge in [0, 0.05) is 0 Å². The zero-order valence-electron chi connectivity index (χ0n) is 11.7. The van der Waals surface area contributed by atoms with Gasteiger partial charge in [0.2, 0.25) is 0 Å². The van der Waals surface area contributed by atoms with E-state index in [0.717, 1.165) is 22.0 Å². The molecule has 1 heterocycles. The largest absolute Gasteiger partial charge is 0.383 e. The maximum absolute atomic E-state index is 6.02. The second-order valence-electron chi connectivity index (χ2n) is 5.24. The third-order valence-electron chi connectivity index (χ3n) is 3.58. The highest BCUT2D eigenvalue weighted by atomic mass is 14.9. The molecule has 3 nitrogen and oxygen atoms in total. The van der Waals surface area contributed by atoms with Gasteiger partial charge in [-0.15, -0.1) is 0 Å². The van der Waals surface area contributed by atoms with Crippen LogP contribution >= 0.6 is 0 Å². The lowest BCUT2D eigenvalue weighted by molar-refractivity contribution is 0.867. The van der Waals surface area contributed by atoms with E-state index < -0.39 is 0 Å². The molecular weight excluding hydrogens is 246 g/mol. The fourth-order valence-electron chi connectivity index (χ4n) is 2.42. The van der Waals surface area contributed by atoms with Gasteiger partial charge in [0.25, 0.3) is 0 Å². The Labute approximate surface area is 118 Å². The first-order valence-electron chi connectivity index (χ1n) is 6.76. The normalized spacial score (nSPS) is 11.2. The third kappa shape index (κ3) is 2.11. The summed E-state index contributed by atoms with van der Waals surface area (Å²) in [7, 11) is 0. The van der Waals surface area contributed by atoms with Crippen LogP contribution in [-0.2, 0) is 0 Å². The highest BCUT2D eigenvalue weighted by molar-refractivity contribution is 6.00. The predicted octanol–water partition coefficient (Wildman–Crippen LogP) is 4.00. The molecule has 0 radical (unpaired) electrons. The lowest BCUT2D eigenvalue weighted by atomic mass is 9.97. The second kappa shape index (κ2) is 4.93. The van der Waals surface area contributed by atoms with Gasteiger partial charge in [0.05, 0.1) is 10.9 Å². The van der Waals surface area contributed by atoms with Crippen LogP contribution in [-0.4, -0.2) is 9.97 Å². The van der Waals surface area contributed by atoms with Gasteiger partial charge in [-0.05, 0) is 28.7 Å². The summed E-state index contributed by atoms with van der Waals surface area (Å²) in [6.45, 7) is 4.39. The van der Waals surface area contributed by atoms with E-state index in [2.05, 4.69) is 54.1 Å². The molecule has 0 aliphatic heterocycles. The minimum Gasteiger partial charge on any atom is -0.383 e. The minimum absolute atomic E-state index is 0.526. The van der Waals surface area contributed by atoms with E-state index in [-0.39, 0.29) is 0 Å². The maximum atomic E-state index is 6.02. The van der Waals surface area contributed by atoms with Crippen LogP contribution in [0.3, 0.4) is 0 Å². The van der Waals surface area contributed by atoms with Gasteiger partial charge < -0.3 is 5.73 Å². The van der Waals surface area contributed by atoms with Crippen molar-refractivity contribution in [3.8, 4) is 11.1 Å². The summed E-state index contributed by atoms with van der Waals surface area (Å²) in [4.78, 5) is 8.39. The van der Waals surface area contributed by atoms with E-state index in [1.807, 2.05) is 12.1 Å². The summed E-state index contributed by atoms with van der Waals surface area (Å²) >= 11 is 0. The Kier molecular flexibility index (Phi) is 3.11. The zero-order valence-corrected chi connectivity index (χ0v) is 11.7. The van der Waals surface area contributed by atoms with Crippen LogP contribution in [0.4, 0.5) is 5.82 Å². The van der Waals surface area contributed by atoms with Crippen LogP contribution in [0, 0.1) is 0 Å². The van der Waals surface area contributed by atoms with Crippen LogP contribution in [0.2, 0.25) is 0 Å². The number of hydrogen-bond acceptors (Lipinski definition) is 3. The Hall–Kier alpha value is -2.42. The predicted molar refractivity (Wildman–Crippen MR) is 83.5 cm³/mol. The molecule has 2 aromatic carbocycles. The Morgan fingerprint density at radius 2 is 1.70 bits per heavy atom. The molecule has 0 saturated heterocycles. The smallest absolute Gasteiger partial charge is 0.135 e. The molecule has 3 heteroatoms. The van der Waals surface area contributed by atoms with Gasteiger partial charge in [-0.1, -0.05) is 50.2 Å². The van der Waals surface area contributed by atoms with Crippen molar-refractivity contribution in [3.05, 3.63) is 54.4 Å². The van der Waals surface area contributed by atoms with Crippen molar-refractivity contribution in [2.45, 2.75) is 19.8 Å². The van der Waals surface area contributed by atoms with Crippen LogP contribution in [0.25, 0.3) is 22.0 Å². The number of anilines is 1. The Morgan fingerprint density at radius 3 is 2.40 bits per heavy atom. The second-order valence-corrected chi connectivity index (χ2v) is 5.24. The van der Waals surface area contributed by atoms with Crippen molar-refractivity contribution in [2.75, 3.05) is 5.73 Å². The van der Waals surface area contributed by atoms with Crippen molar-refractivity contribution in [3.63, 3.8) is 0 Å². The SMILES string of the molecule is CC(C)c1ccc(-c2cccc3ncnc(N)c23)cc1. The van der Waals surface area contributed by atoms with Gasteiger partial charge in [-0.2, -0.15) is 0 Å². The minimum atomic E-state index is 0.526. The molecule has 0 aliphatic carbocycles. The molecule has 2 N–H and O–H groups in total. The molecule has 20 heavy (non-hydrogen) atoms. The van der Waals surface area contributed by atoms with Crippen molar-refractivity contribution >= 4 is 16.7 Å². The average molecular weight is 263 g/mol. The highest BCUT2D eigenvalue weighted by Crippen LogP contribution is 2.31. The van der Waals surface area contributed by atoms with E-state index >= 15 is 0 Å². The number of fused-ring (bicyclic) bond motifs is 1. The van der Waals surface area contributed by atoms with Crippen LogP contribution in [0.5, 0.6) is 0 Å². The van der Waals surface area contributed by atoms with E-state index in [4.69, 9.17) is 5.73 Å². The van der Waals surface area contributed by atoms with E-state index in [1.165, 1.54) is 11.9 Å². The molecule has 0 bridgehead atoms. The molecule has 0 amide bonds. The Morgan fingerprint density at radius 1 is 0.950 bits per heavy atom. The lowest BCUT2D eigenvalue weighted by Crippen LogP contribution is -1.95. The van der Waals surface area contributed by atoms with Crippen LogP contribution < -0.4 is 5.73 Å². The van der Waals surface area contributed by atoms with E-state index in [9.17, 15) is 0 Å². The number of rotatable bonds is 2. The first-order chi connectivity index (χ1) is 9.66. The molecule has 0 spiro atoms. The monoisotopic (exact) mass is 263 g/mol. The summed E-state index contributed by atoms with van der Waals surface area (Å²) < 4.78 is 0. The van der Waals surface area contributed by atoms with Crippen molar-refractivity contribution < 1.29 is 0 Å². The van der Waals surface area contributed by atoms with Gasteiger partial charge in [0.1, 0.15) is 12.1 Å². The molecular formula is C17H17N3. The first kappa shape index (κ1) is 12.6. The first-order valence-corrected chi connectivity index (χ1v) is 6.76. The molecule has 0 saturated carbocycles. The van der Waals surface area contributed by atoms with Crippen molar-refractivity contribution in [1.82, 2.24) is 9.97 Å². The maximum Gasteiger partial charge on any atom is 0.135 e. The van der Waals surface area contributed by atoms with Gasteiger partial charge in [0.15, 0.2) is 0 Å². The van der Waals surface area contributed by atoms with E-state index in [0.29, 0.717) is 11.7 Å². The van der Waals surface area contributed by atoms with Gasteiger partial charge >= 0.3 is 0 Å². The van der Waals surface area contributed by atoms with Gasteiger partial charge in [-0.3, -0.25) is 0 Å². The Bertz CT molecular complexity index is 741. The van der Waals surface area contributed by atoms with Gasteiger partial charge in [-0.25, -0.2) is 9.97 Å². The van der Waals surface area contributed by atoms with Crippen LogP contribution in [0.15, 0.2) is 48.8 Å². The molecule has 3 aromatic rings. The van der Waals surface area contributed by atoms with Crippen molar-refractivity contribution in [1.29, 1.82) is 0 Å². The molecule has 0 unspecified atom stereocenters.